The van der Waals surface area contributed by atoms with E-state index in [1.807, 2.05) is 32.0 Å². The highest BCUT2D eigenvalue weighted by Gasteiger charge is 2.28. The Bertz CT molecular complexity index is 869. The molecule has 166 valence electrons. The van der Waals surface area contributed by atoms with Gasteiger partial charge in [-0.1, -0.05) is 73.9 Å². The molecule has 2 aromatic carbocycles. The first-order valence-corrected chi connectivity index (χ1v) is 11.7. The minimum absolute atomic E-state index is 0.0233. The summed E-state index contributed by atoms with van der Waals surface area (Å²) >= 11 is 0. The van der Waals surface area contributed by atoms with E-state index in [1.54, 1.807) is 4.90 Å². The van der Waals surface area contributed by atoms with Crippen LogP contribution in [0.4, 0.5) is 0 Å². The SMILES string of the molecule is CCc1ccc(CCC(=O)N(Cc2cccc(C)c2)[C@H](C)C(=O)NC2CCCC2)cc1. The molecule has 31 heavy (non-hydrogen) atoms. The van der Waals surface area contributed by atoms with Gasteiger partial charge in [0.2, 0.25) is 11.8 Å². The third-order valence-electron chi connectivity index (χ3n) is 6.36. The summed E-state index contributed by atoms with van der Waals surface area (Å²) in [6, 6.07) is 16.4. The van der Waals surface area contributed by atoms with Gasteiger partial charge in [0.05, 0.1) is 0 Å². The van der Waals surface area contributed by atoms with E-state index in [9.17, 15) is 9.59 Å². The second-order valence-electron chi connectivity index (χ2n) is 8.85. The van der Waals surface area contributed by atoms with Crippen LogP contribution in [0.15, 0.2) is 48.5 Å². The highest BCUT2D eigenvalue weighted by molar-refractivity contribution is 5.87. The molecule has 0 heterocycles. The predicted octanol–water partition coefficient (Wildman–Crippen LogP) is 4.97. The summed E-state index contributed by atoms with van der Waals surface area (Å²) in [5.41, 5.74) is 4.67. The predicted molar refractivity (Wildman–Crippen MR) is 126 cm³/mol. The van der Waals surface area contributed by atoms with Crippen LogP contribution < -0.4 is 5.32 Å². The molecule has 0 saturated heterocycles. The third-order valence-corrected chi connectivity index (χ3v) is 6.36. The zero-order valence-electron chi connectivity index (χ0n) is 19.2. The Morgan fingerprint density at radius 1 is 1.03 bits per heavy atom. The molecular formula is C27H36N2O2. The number of benzene rings is 2. The molecule has 2 amide bonds. The molecule has 1 atom stereocenters. The zero-order valence-corrected chi connectivity index (χ0v) is 19.2. The maximum absolute atomic E-state index is 13.3. The number of nitrogens with one attached hydrogen (secondary N) is 1. The Morgan fingerprint density at radius 3 is 2.35 bits per heavy atom. The molecule has 4 heteroatoms. The van der Waals surface area contributed by atoms with E-state index in [4.69, 9.17) is 0 Å². The summed E-state index contributed by atoms with van der Waals surface area (Å²) in [5, 5.41) is 3.16. The summed E-state index contributed by atoms with van der Waals surface area (Å²) in [7, 11) is 0. The van der Waals surface area contributed by atoms with Gasteiger partial charge >= 0.3 is 0 Å². The van der Waals surface area contributed by atoms with Gasteiger partial charge in [0.25, 0.3) is 0 Å². The molecule has 0 spiro atoms. The molecule has 0 unspecified atom stereocenters. The summed E-state index contributed by atoms with van der Waals surface area (Å²) in [5.74, 6) is -0.0182. The van der Waals surface area contributed by atoms with Crippen molar-refractivity contribution in [2.45, 2.75) is 84.3 Å². The first-order valence-electron chi connectivity index (χ1n) is 11.7. The fraction of sp³-hybridized carbons (Fsp3) is 0.481. The topological polar surface area (TPSA) is 49.4 Å². The van der Waals surface area contributed by atoms with Gasteiger partial charge in [-0.3, -0.25) is 9.59 Å². The molecule has 1 aliphatic rings. The lowest BCUT2D eigenvalue weighted by atomic mass is 10.0. The quantitative estimate of drug-likeness (QED) is 0.623. The molecule has 1 saturated carbocycles. The van der Waals surface area contributed by atoms with Crippen LogP contribution in [0.3, 0.4) is 0 Å². The zero-order chi connectivity index (χ0) is 22.2. The second-order valence-corrected chi connectivity index (χ2v) is 8.85. The van der Waals surface area contributed by atoms with Crippen LogP contribution in [-0.4, -0.2) is 28.8 Å². The van der Waals surface area contributed by atoms with E-state index in [-0.39, 0.29) is 17.9 Å². The Balaban J connectivity index is 1.69. The highest BCUT2D eigenvalue weighted by atomic mass is 16.2. The van der Waals surface area contributed by atoms with E-state index in [0.29, 0.717) is 19.4 Å². The van der Waals surface area contributed by atoms with Gasteiger partial charge in [0.1, 0.15) is 6.04 Å². The monoisotopic (exact) mass is 420 g/mol. The molecule has 1 N–H and O–H groups in total. The van der Waals surface area contributed by atoms with E-state index in [0.717, 1.165) is 36.0 Å². The molecule has 1 fully saturated rings. The first-order chi connectivity index (χ1) is 15.0. The van der Waals surface area contributed by atoms with Gasteiger partial charge in [-0.15, -0.1) is 0 Å². The van der Waals surface area contributed by atoms with Crippen molar-refractivity contribution in [3.05, 3.63) is 70.8 Å². The Morgan fingerprint density at radius 2 is 1.71 bits per heavy atom. The minimum atomic E-state index is -0.490. The van der Waals surface area contributed by atoms with E-state index in [1.165, 1.54) is 18.4 Å². The number of nitrogens with zero attached hydrogens (tertiary/aromatic N) is 1. The van der Waals surface area contributed by atoms with Crippen molar-refractivity contribution >= 4 is 11.8 Å². The number of hydrogen-bond donors (Lipinski definition) is 1. The van der Waals surface area contributed by atoms with E-state index >= 15 is 0 Å². The molecule has 3 rings (SSSR count). The second kappa shape index (κ2) is 11.1. The standard InChI is InChI=1S/C27H36N2O2/c1-4-22-12-14-23(15-13-22)16-17-26(30)29(19-24-9-7-8-20(2)18-24)21(3)27(31)28-25-10-5-6-11-25/h7-9,12-15,18,21,25H,4-6,10-11,16-17,19H2,1-3H3,(H,28,31)/t21-/m1/s1. The molecule has 4 nitrogen and oxygen atoms in total. The third kappa shape index (κ3) is 6.68. The average molecular weight is 421 g/mol. The van der Waals surface area contributed by atoms with Crippen LogP contribution in [-0.2, 0) is 29.0 Å². The smallest absolute Gasteiger partial charge is 0.242 e. The van der Waals surface area contributed by atoms with Crippen LogP contribution >= 0.6 is 0 Å². The number of aryl methyl sites for hydroxylation is 3. The molecule has 1 aliphatic carbocycles. The van der Waals surface area contributed by atoms with Gasteiger partial charge in [0.15, 0.2) is 0 Å². The van der Waals surface area contributed by atoms with Crippen LogP contribution in [0, 0.1) is 6.92 Å². The van der Waals surface area contributed by atoms with Gasteiger partial charge < -0.3 is 10.2 Å². The number of rotatable bonds is 9. The van der Waals surface area contributed by atoms with Crippen molar-refractivity contribution in [3.8, 4) is 0 Å². The maximum Gasteiger partial charge on any atom is 0.242 e. The largest absolute Gasteiger partial charge is 0.352 e. The summed E-state index contributed by atoms with van der Waals surface area (Å²) in [4.78, 5) is 27.9. The lowest BCUT2D eigenvalue weighted by Gasteiger charge is -2.30. The lowest BCUT2D eigenvalue weighted by Crippen LogP contribution is -2.49. The fourth-order valence-electron chi connectivity index (χ4n) is 4.32. The molecule has 2 aromatic rings. The van der Waals surface area contributed by atoms with Crippen molar-refractivity contribution in [2.75, 3.05) is 0 Å². The van der Waals surface area contributed by atoms with Crippen molar-refractivity contribution in [1.82, 2.24) is 10.2 Å². The van der Waals surface area contributed by atoms with Crippen molar-refractivity contribution in [3.63, 3.8) is 0 Å². The molecule has 0 bridgehead atoms. The van der Waals surface area contributed by atoms with Crippen LogP contribution in [0.1, 0.15) is 68.2 Å². The normalized spacial score (nSPS) is 14.9. The number of amides is 2. The number of hydrogen-bond acceptors (Lipinski definition) is 2. The van der Waals surface area contributed by atoms with E-state index < -0.39 is 6.04 Å². The fourth-order valence-corrected chi connectivity index (χ4v) is 4.32. The summed E-state index contributed by atoms with van der Waals surface area (Å²) in [6.07, 6.45) is 6.51. The van der Waals surface area contributed by atoms with Crippen molar-refractivity contribution in [1.29, 1.82) is 0 Å². The van der Waals surface area contributed by atoms with E-state index in [2.05, 4.69) is 42.6 Å². The van der Waals surface area contributed by atoms with Crippen molar-refractivity contribution < 1.29 is 9.59 Å². The molecule has 0 radical (unpaired) electrons. The average Bonchev–Trinajstić information content (AvgIpc) is 3.28. The number of carbonyl (C=O) groups is 2. The minimum Gasteiger partial charge on any atom is -0.352 e. The summed E-state index contributed by atoms with van der Waals surface area (Å²) < 4.78 is 0. The van der Waals surface area contributed by atoms with Crippen molar-refractivity contribution in [2.24, 2.45) is 0 Å². The highest BCUT2D eigenvalue weighted by Crippen LogP contribution is 2.19. The van der Waals surface area contributed by atoms with Gasteiger partial charge in [-0.05, 0) is 56.2 Å². The molecule has 0 aromatic heterocycles. The maximum atomic E-state index is 13.3. The van der Waals surface area contributed by atoms with Gasteiger partial charge in [-0.25, -0.2) is 0 Å². The summed E-state index contributed by atoms with van der Waals surface area (Å²) in [6.45, 7) is 6.49. The van der Waals surface area contributed by atoms with Crippen LogP contribution in [0.2, 0.25) is 0 Å². The number of carbonyl (C=O) groups excluding carboxylic acids is 2. The molecular weight excluding hydrogens is 384 g/mol. The van der Waals surface area contributed by atoms with Crippen LogP contribution in [0.5, 0.6) is 0 Å². The Kier molecular flexibility index (Phi) is 8.27. The lowest BCUT2D eigenvalue weighted by molar-refractivity contribution is -0.140. The van der Waals surface area contributed by atoms with Gasteiger partial charge in [-0.2, -0.15) is 0 Å². The van der Waals surface area contributed by atoms with Crippen LogP contribution in [0.25, 0.3) is 0 Å². The van der Waals surface area contributed by atoms with Gasteiger partial charge in [0, 0.05) is 19.0 Å². The Hall–Kier alpha value is -2.62. The first kappa shape index (κ1) is 23.1. The Labute approximate surface area is 187 Å². The molecule has 0 aliphatic heterocycles.